The standard InChI is InChI=1S/C7H9NO7/c1-2(3(9)10)7(4(8)11,5(12)13)6(14)15/h2H,1H3,(H2,8,11)(H,9,10)(H,12,13)(H,14,15). The molecule has 84 valence electrons. The van der Waals surface area contributed by atoms with Gasteiger partial charge in [-0.2, -0.15) is 0 Å². The van der Waals surface area contributed by atoms with Crippen LogP contribution in [0.2, 0.25) is 0 Å². The molecule has 0 radical (unpaired) electrons. The number of nitrogens with two attached hydrogens (primary N) is 1. The van der Waals surface area contributed by atoms with Gasteiger partial charge in [0.05, 0.1) is 5.92 Å². The van der Waals surface area contributed by atoms with Gasteiger partial charge in [-0.25, -0.2) is 0 Å². The number of aliphatic carboxylic acids is 3. The Bertz CT molecular complexity index is 298. The average Bonchev–Trinajstić information content (AvgIpc) is 2.02. The molecule has 8 nitrogen and oxygen atoms in total. The van der Waals surface area contributed by atoms with Crippen molar-refractivity contribution in [1.82, 2.24) is 0 Å². The summed E-state index contributed by atoms with van der Waals surface area (Å²) in [5.74, 6) is -9.63. The maximum absolute atomic E-state index is 10.8. The molecule has 0 fully saturated rings. The van der Waals surface area contributed by atoms with Gasteiger partial charge >= 0.3 is 17.9 Å². The first-order valence-corrected chi connectivity index (χ1v) is 3.68. The van der Waals surface area contributed by atoms with Crippen molar-refractivity contribution in [2.24, 2.45) is 17.1 Å². The van der Waals surface area contributed by atoms with Gasteiger partial charge < -0.3 is 21.1 Å². The Morgan fingerprint density at radius 3 is 1.47 bits per heavy atom. The Morgan fingerprint density at radius 2 is 1.40 bits per heavy atom. The second kappa shape index (κ2) is 3.95. The molecular formula is C7H9NO7. The normalized spacial score (nSPS) is 12.9. The second-order valence-electron chi connectivity index (χ2n) is 2.84. The molecule has 0 heterocycles. The zero-order valence-corrected chi connectivity index (χ0v) is 7.63. The molecule has 0 saturated carbocycles. The van der Waals surface area contributed by atoms with E-state index in [0.29, 0.717) is 0 Å². The number of carbonyl (C=O) groups excluding carboxylic acids is 1. The van der Waals surface area contributed by atoms with Crippen LogP contribution >= 0.6 is 0 Å². The van der Waals surface area contributed by atoms with Gasteiger partial charge in [0.25, 0.3) is 5.41 Å². The molecule has 0 aliphatic rings. The summed E-state index contributed by atoms with van der Waals surface area (Å²) in [6.07, 6.45) is 0. The maximum atomic E-state index is 10.8. The fourth-order valence-corrected chi connectivity index (χ4v) is 1.07. The van der Waals surface area contributed by atoms with Crippen molar-refractivity contribution in [2.75, 3.05) is 0 Å². The highest BCUT2D eigenvalue weighted by atomic mass is 16.4. The number of primary amides is 1. The molecule has 0 aromatic rings. The topological polar surface area (TPSA) is 155 Å². The third-order valence-electron chi connectivity index (χ3n) is 2.08. The van der Waals surface area contributed by atoms with E-state index in [0.717, 1.165) is 6.92 Å². The van der Waals surface area contributed by atoms with E-state index in [-0.39, 0.29) is 0 Å². The number of rotatable bonds is 5. The highest BCUT2D eigenvalue weighted by Crippen LogP contribution is 2.28. The molecule has 8 heteroatoms. The average molecular weight is 219 g/mol. The van der Waals surface area contributed by atoms with Crippen LogP contribution in [0.4, 0.5) is 0 Å². The summed E-state index contributed by atoms with van der Waals surface area (Å²) in [4.78, 5) is 42.8. The number of hydrogen-bond acceptors (Lipinski definition) is 4. The molecule has 0 aromatic heterocycles. The van der Waals surface area contributed by atoms with Crippen molar-refractivity contribution in [3.05, 3.63) is 0 Å². The van der Waals surface area contributed by atoms with Gasteiger partial charge in [0.15, 0.2) is 0 Å². The monoisotopic (exact) mass is 219 g/mol. The van der Waals surface area contributed by atoms with Crippen molar-refractivity contribution in [1.29, 1.82) is 0 Å². The first kappa shape index (κ1) is 12.9. The van der Waals surface area contributed by atoms with Crippen LogP contribution in [0.25, 0.3) is 0 Å². The highest BCUT2D eigenvalue weighted by Gasteiger charge is 2.59. The van der Waals surface area contributed by atoms with Gasteiger partial charge in [-0.15, -0.1) is 0 Å². The van der Waals surface area contributed by atoms with Crippen LogP contribution in [0.3, 0.4) is 0 Å². The van der Waals surface area contributed by atoms with E-state index in [1.807, 2.05) is 0 Å². The number of carbonyl (C=O) groups is 4. The van der Waals surface area contributed by atoms with E-state index in [1.165, 1.54) is 0 Å². The molecule has 0 aliphatic carbocycles. The van der Waals surface area contributed by atoms with Gasteiger partial charge in [-0.05, 0) is 6.92 Å². The van der Waals surface area contributed by atoms with E-state index in [4.69, 9.17) is 15.3 Å². The fraction of sp³-hybridized carbons (Fsp3) is 0.429. The third kappa shape index (κ3) is 1.73. The lowest BCUT2D eigenvalue weighted by molar-refractivity contribution is -0.177. The Labute approximate surface area is 83.3 Å². The van der Waals surface area contributed by atoms with Crippen LogP contribution < -0.4 is 5.73 Å². The van der Waals surface area contributed by atoms with Crippen LogP contribution in [0.1, 0.15) is 6.92 Å². The lowest BCUT2D eigenvalue weighted by Gasteiger charge is -2.24. The van der Waals surface area contributed by atoms with Crippen LogP contribution in [0, 0.1) is 11.3 Å². The van der Waals surface area contributed by atoms with Crippen molar-refractivity contribution in [3.8, 4) is 0 Å². The summed E-state index contributed by atoms with van der Waals surface area (Å²) >= 11 is 0. The van der Waals surface area contributed by atoms with E-state index in [9.17, 15) is 19.2 Å². The maximum Gasteiger partial charge on any atom is 0.331 e. The number of hydrogen-bond donors (Lipinski definition) is 4. The van der Waals surface area contributed by atoms with Gasteiger partial charge in [0, 0.05) is 0 Å². The van der Waals surface area contributed by atoms with Gasteiger partial charge in [-0.3, -0.25) is 19.2 Å². The number of carboxylic acid groups (broad SMARTS) is 3. The van der Waals surface area contributed by atoms with Crippen molar-refractivity contribution in [2.45, 2.75) is 6.92 Å². The highest BCUT2D eigenvalue weighted by molar-refractivity contribution is 6.20. The predicted octanol–water partition coefficient (Wildman–Crippen LogP) is -1.65. The summed E-state index contributed by atoms with van der Waals surface area (Å²) in [5, 5.41) is 25.8. The van der Waals surface area contributed by atoms with Crippen molar-refractivity contribution < 1.29 is 34.5 Å². The molecule has 0 bridgehead atoms. The Kier molecular flexibility index (Phi) is 3.39. The minimum atomic E-state index is -3.15. The fourth-order valence-electron chi connectivity index (χ4n) is 1.07. The van der Waals surface area contributed by atoms with Crippen LogP contribution in [-0.2, 0) is 19.2 Å². The molecule has 0 rings (SSSR count). The van der Waals surface area contributed by atoms with Crippen molar-refractivity contribution >= 4 is 23.8 Å². The molecule has 0 saturated heterocycles. The van der Waals surface area contributed by atoms with Crippen LogP contribution in [0.5, 0.6) is 0 Å². The summed E-state index contributed by atoms with van der Waals surface area (Å²) in [5.41, 5.74) is 1.50. The number of carboxylic acids is 3. The molecule has 0 spiro atoms. The summed E-state index contributed by atoms with van der Waals surface area (Å²) in [6.45, 7) is 0.787. The minimum absolute atomic E-state index is 0.787. The lowest BCUT2D eigenvalue weighted by atomic mass is 9.75. The Hall–Kier alpha value is -2.12. The largest absolute Gasteiger partial charge is 0.481 e. The molecule has 1 unspecified atom stereocenters. The minimum Gasteiger partial charge on any atom is -0.481 e. The smallest absolute Gasteiger partial charge is 0.331 e. The zero-order valence-electron chi connectivity index (χ0n) is 7.63. The van der Waals surface area contributed by atoms with Crippen LogP contribution in [-0.4, -0.2) is 39.1 Å². The summed E-state index contributed by atoms with van der Waals surface area (Å²) in [7, 11) is 0. The molecule has 5 N–H and O–H groups in total. The van der Waals surface area contributed by atoms with Gasteiger partial charge in [-0.1, -0.05) is 0 Å². The van der Waals surface area contributed by atoms with Gasteiger partial charge in [0.1, 0.15) is 0 Å². The zero-order chi connectivity index (χ0) is 12.4. The first-order valence-electron chi connectivity index (χ1n) is 3.68. The summed E-state index contributed by atoms with van der Waals surface area (Å²) < 4.78 is 0. The second-order valence-corrected chi connectivity index (χ2v) is 2.84. The SMILES string of the molecule is CC(C(=O)O)C(C(N)=O)(C(=O)O)C(=O)O. The quantitative estimate of drug-likeness (QED) is 0.403. The molecule has 0 aromatic carbocycles. The Morgan fingerprint density at radius 1 is 1.07 bits per heavy atom. The van der Waals surface area contributed by atoms with Crippen LogP contribution in [0.15, 0.2) is 0 Å². The Balaban J connectivity index is 5.75. The van der Waals surface area contributed by atoms with Gasteiger partial charge in [0.2, 0.25) is 5.91 Å². The lowest BCUT2D eigenvalue weighted by Crippen LogP contribution is -2.56. The third-order valence-corrected chi connectivity index (χ3v) is 2.08. The molecule has 15 heavy (non-hydrogen) atoms. The molecule has 1 atom stereocenters. The molecule has 0 aliphatic heterocycles. The predicted molar refractivity (Wildman–Crippen MR) is 43.7 cm³/mol. The van der Waals surface area contributed by atoms with E-state index < -0.39 is 35.1 Å². The number of amides is 1. The summed E-state index contributed by atoms with van der Waals surface area (Å²) in [6, 6.07) is 0. The van der Waals surface area contributed by atoms with E-state index >= 15 is 0 Å². The molecular weight excluding hydrogens is 210 g/mol. The van der Waals surface area contributed by atoms with Crippen molar-refractivity contribution in [3.63, 3.8) is 0 Å². The molecule has 1 amide bonds. The van der Waals surface area contributed by atoms with E-state index in [2.05, 4.69) is 5.73 Å². The van der Waals surface area contributed by atoms with E-state index in [1.54, 1.807) is 0 Å². The first-order chi connectivity index (χ1) is 6.68.